The SMILES string of the molecule is O=C1CC2(CCCN(C(=O)c3cccnn3)CC2)Oc2ccccc21. The molecule has 4 rings (SSSR count). The summed E-state index contributed by atoms with van der Waals surface area (Å²) in [6.45, 7) is 1.18. The third-order valence-electron chi connectivity index (χ3n) is 4.97. The molecule has 6 heteroatoms. The fraction of sp³-hybridized carbons (Fsp3) is 0.368. The van der Waals surface area contributed by atoms with Crippen molar-refractivity contribution in [2.24, 2.45) is 0 Å². The zero-order chi connectivity index (χ0) is 17.3. The van der Waals surface area contributed by atoms with E-state index in [4.69, 9.17) is 4.74 Å². The normalized spacial score (nSPS) is 22.9. The molecule has 0 aliphatic carbocycles. The molecule has 2 aliphatic heterocycles. The molecule has 0 radical (unpaired) electrons. The van der Waals surface area contributed by atoms with Crippen LogP contribution < -0.4 is 4.74 Å². The van der Waals surface area contributed by atoms with E-state index in [2.05, 4.69) is 10.2 Å². The van der Waals surface area contributed by atoms with Crippen molar-refractivity contribution in [1.82, 2.24) is 15.1 Å². The van der Waals surface area contributed by atoms with Gasteiger partial charge in [0.25, 0.3) is 5.91 Å². The van der Waals surface area contributed by atoms with Crippen LogP contribution in [0.2, 0.25) is 0 Å². The third kappa shape index (κ3) is 2.99. The van der Waals surface area contributed by atoms with Crippen molar-refractivity contribution in [2.75, 3.05) is 13.1 Å². The van der Waals surface area contributed by atoms with E-state index in [1.165, 1.54) is 0 Å². The highest BCUT2D eigenvalue weighted by atomic mass is 16.5. The summed E-state index contributed by atoms with van der Waals surface area (Å²) in [5, 5.41) is 7.68. The first kappa shape index (κ1) is 15.7. The average molecular weight is 337 g/mol. The molecule has 1 aromatic carbocycles. The van der Waals surface area contributed by atoms with Gasteiger partial charge in [0.2, 0.25) is 0 Å². The topological polar surface area (TPSA) is 72.4 Å². The van der Waals surface area contributed by atoms with Crippen LogP contribution in [0, 0.1) is 0 Å². The molecule has 6 nitrogen and oxygen atoms in total. The van der Waals surface area contributed by atoms with Gasteiger partial charge in [-0.25, -0.2) is 0 Å². The van der Waals surface area contributed by atoms with E-state index in [-0.39, 0.29) is 11.7 Å². The van der Waals surface area contributed by atoms with E-state index in [9.17, 15) is 9.59 Å². The van der Waals surface area contributed by atoms with Gasteiger partial charge in [-0.3, -0.25) is 9.59 Å². The van der Waals surface area contributed by atoms with Gasteiger partial charge in [-0.2, -0.15) is 5.10 Å². The van der Waals surface area contributed by atoms with Gasteiger partial charge in [-0.05, 0) is 37.1 Å². The Morgan fingerprint density at radius 1 is 1.12 bits per heavy atom. The first-order valence-electron chi connectivity index (χ1n) is 8.55. The van der Waals surface area contributed by atoms with E-state index in [1.807, 2.05) is 24.3 Å². The molecule has 1 atom stereocenters. The molecule has 25 heavy (non-hydrogen) atoms. The zero-order valence-corrected chi connectivity index (χ0v) is 13.9. The first-order chi connectivity index (χ1) is 12.2. The highest BCUT2D eigenvalue weighted by Crippen LogP contribution is 2.39. The van der Waals surface area contributed by atoms with Crippen molar-refractivity contribution in [3.05, 3.63) is 53.9 Å². The average Bonchev–Trinajstić information content (AvgIpc) is 2.84. The van der Waals surface area contributed by atoms with Crippen molar-refractivity contribution in [3.63, 3.8) is 0 Å². The van der Waals surface area contributed by atoms with E-state index in [0.29, 0.717) is 42.9 Å². The molecule has 2 aliphatic rings. The van der Waals surface area contributed by atoms with Crippen LogP contribution in [0.3, 0.4) is 0 Å². The second kappa shape index (κ2) is 6.27. The first-order valence-corrected chi connectivity index (χ1v) is 8.55. The number of Topliss-reactive ketones (excluding diaryl/α,β-unsaturated/α-hetero) is 1. The second-order valence-electron chi connectivity index (χ2n) is 6.64. The van der Waals surface area contributed by atoms with Crippen molar-refractivity contribution in [1.29, 1.82) is 0 Å². The fourth-order valence-corrected chi connectivity index (χ4v) is 3.67. The molecule has 3 heterocycles. The summed E-state index contributed by atoms with van der Waals surface area (Å²) in [4.78, 5) is 26.9. The Morgan fingerprint density at radius 3 is 2.84 bits per heavy atom. The molecule has 1 unspecified atom stereocenters. The number of hydrogen-bond acceptors (Lipinski definition) is 5. The predicted molar refractivity (Wildman–Crippen MR) is 90.5 cm³/mol. The number of hydrogen-bond donors (Lipinski definition) is 0. The number of aromatic nitrogens is 2. The Bertz CT molecular complexity index is 809. The van der Waals surface area contributed by atoms with Crippen molar-refractivity contribution in [2.45, 2.75) is 31.3 Å². The summed E-state index contributed by atoms with van der Waals surface area (Å²) in [7, 11) is 0. The lowest BCUT2D eigenvalue weighted by molar-refractivity contribution is 0.0300. The smallest absolute Gasteiger partial charge is 0.274 e. The van der Waals surface area contributed by atoms with Crippen LogP contribution in [-0.2, 0) is 0 Å². The maximum atomic E-state index is 12.6. The Morgan fingerprint density at radius 2 is 2.00 bits per heavy atom. The summed E-state index contributed by atoms with van der Waals surface area (Å²) in [5.41, 5.74) is 0.498. The number of likely N-dealkylation sites (tertiary alicyclic amines) is 1. The molecule has 1 amide bonds. The largest absolute Gasteiger partial charge is 0.486 e. The maximum Gasteiger partial charge on any atom is 0.274 e. The predicted octanol–water partition coefficient (Wildman–Crippen LogP) is 2.51. The van der Waals surface area contributed by atoms with Gasteiger partial charge in [-0.1, -0.05) is 12.1 Å². The number of para-hydroxylation sites is 1. The highest BCUT2D eigenvalue weighted by molar-refractivity contribution is 6.00. The molecule has 128 valence electrons. The molecule has 0 bridgehead atoms. The maximum absolute atomic E-state index is 12.6. The molecule has 2 aromatic rings. The van der Waals surface area contributed by atoms with Gasteiger partial charge in [0.05, 0.1) is 12.0 Å². The summed E-state index contributed by atoms with van der Waals surface area (Å²) in [6, 6.07) is 10.8. The number of rotatable bonds is 1. The van der Waals surface area contributed by atoms with E-state index in [0.717, 1.165) is 12.8 Å². The number of fused-ring (bicyclic) bond motifs is 1. The number of ether oxygens (including phenoxy) is 1. The van der Waals surface area contributed by atoms with Gasteiger partial charge in [0.15, 0.2) is 11.5 Å². The second-order valence-corrected chi connectivity index (χ2v) is 6.64. The van der Waals surface area contributed by atoms with Crippen LogP contribution in [0.5, 0.6) is 5.75 Å². The van der Waals surface area contributed by atoms with Gasteiger partial charge in [-0.15, -0.1) is 5.10 Å². The number of nitrogens with zero attached hydrogens (tertiary/aromatic N) is 3. The van der Waals surface area contributed by atoms with Crippen LogP contribution in [0.4, 0.5) is 0 Å². The van der Waals surface area contributed by atoms with Crippen molar-refractivity contribution < 1.29 is 14.3 Å². The van der Waals surface area contributed by atoms with Gasteiger partial charge < -0.3 is 9.64 Å². The molecule has 1 spiro atoms. The summed E-state index contributed by atoms with van der Waals surface area (Å²) in [6.07, 6.45) is 4.11. The Balaban J connectivity index is 1.52. The molecule has 0 N–H and O–H groups in total. The molecule has 1 aromatic heterocycles. The monoisotopic (exact) mass is 337 g/mol. The van der Waals surface area contributed by atoms with Crippen LogP contribution in [0.25, 0.3) is 0 Å². The highest BCUT2D eigenvalue weighted by Gasteiger charge is 2.42. The number of amides is 1. The summed E-state index contributed by atoms with van der Waals surface area (Å²) < 4.78 is 6.26. The van der Waals surface area contributed by atoms with Crippen LogP contribution >= 0.6 is 0 Å². The fourth-order valence-electron chi connectivity index (χ4n) is 3.67. The number of carbonyl (C=O) groups excluding carboxylic acids is 2. The van der Waals surface area contributed by atoms with E-state index in [1.54, 1.807) is 23.2 Å². The molecule has 1 saturated heterocycles. The Hall–Kier alpha value is -2.76. The number of benzene rings is 1. The van der Waals surface area contributed by atoms with Crippen LogP contribution in [0.15, 0.2) is 42.6 Å². The molecular formula is C19H19N3O3. The van der Waals surface area contributed by atoms with Gasteiger partial charge in [0, 0.05) is 25.7 Å². The standard InChI is InChI=1S/C19H19N3O3/c23-16-13-19(25-17-7-2-1-5-14(16)17)8-4-11-22(12-9-19)18(24)15-6-3-10-20-21-15/h1-3,5-7,10H,4,8-9,11-13H2. The number of carbonyl (C=O) groups is 2. The van der Waals surface area contributed by atoms with Crippen molar-refractivity contribution >= 4 is 11.7 Å². The quantitative estimate of drug-likeness (QED) is 0.799. The lowest BCUT2D eigenvalue weighted by Gasteiger charge is -2.37. The minimum absolute atomic E-state index is 0.118. The van der Waals surface area contributed by atoms with Crippen LogP contribution in [0.1, 0.15) is 46.5 Å². The lowest BCUT2D eigenvalue weighted by atomic mass is 9.84. The van der Waals surface area contributed by atoms with Crippen molar-refractivity contribution in [3.8, 4) is 5.75 Å². The van der Waals surface area contributed by atoms with Gasteiger partial charge in [0.1, 0.15) is 11.4 Å². The zero-order valence-electron chi connectivity index (χ0n) is 13.9. The number of ketones is 1. The minimum Gasteiger partial charge on any atom is -0.486 e. The van der Waals surface area contributed by atoms with E-state index < -0.39 is 5.60 Å². The Kier molecular flexibility index (Phi) is 3.95. The summed E-state index contributed by atoms with van der Waals surface area (Å²) in [5.74, 6) is 0.663. The third-order valence-corrected chi connectivity index (χ3v) is 4.97. The van der Waals surface area contributed by atoms with Gasteiger partial charge >= 0.3 is 0 Å². The van der Waals surface area contributed by atoms with Crippen LogP contribution in [-0.4, -0.2) is 45.5 Å². The minimum atomic E-state index is -0.511. The Labute approximate surface area is 145 Å². The lowest BCUT2D eigenvalue weighted by Crippen LogP contribution is -2.43. The summed E-state index contributed by atoms with van der Waals surface area (Å²) >= 11 is 0. The molecule has 0 saturated carbocycles. The van der Waals surface area contributed by atoms with E-state index >= 15 is 0 Å². The molecular weight excluding hydrogens is 318 g/mol. The molecule has 1 fully saturated rings.